The Labute approximate surface area is 114 Å². The van der Waals surface area contributed by atoms with Crippen molar-refractivity contribution in [1.82, 2.24) is 10.6 Å². The zero-order chi connectivity index (χ0) is 13.2. The number of amides is 1. The van der Waals surface area contributed by atoms with Gasteiger partial charge in [0.15, 0.2) is 0 Å². The van der Waals surface area contributed by atoms with Crippen molar-refractivity contribution in [1.29, 1.82) is 0 Å². The zero-order valence-electron chi connectivity index (χ0n) is 11.4. The fraction of sp³-hybridized carbons (Fsp3) is 0.562. The lowest BCUT2D eigenvalue weighted by Crippen LogP contribution is -2.39. The molecule has 1 aliphatic carbocycles. The first-order chi connectivity index (χ1) is 9.25. The Morgan fingerprint density at radius 3 is 2.58 bits per heavy atom. The van der Waals surface area contributed by atoms with Gasteiger partial charge in [0.05, 0.1) is 12.0 Å². The third kappa shape index (κ3) is 2.81. The molecule has 2 fully saturated rings. The number of nitrogens with one attached hydrogen (secondary N) is 2. The van der Waals surface area contributed by atoms with Crippen LogP contribution < -0.4 is 10.6 Å². The first-order valence-corrected chi connectivity index (χ1v) is 7.34. The summed E-state index contributed by atoms with van der Waals surface area (Å²) < 4.78 is 0. The minimum atomic E-state index is 0.130. The second-order valence-electron chi connectivity index (χ2n) is 5.87. The molecule has 0 radical (unpaired) electrons. The number of hydrogen-bond acceptors (Lipinski definition) is 2. The third-order valence-corrected chi connectivity index (χ3v) is 4.41. The van der Waals surface area contributed by atoms with Crippen molar-refractivity contribution in [2.75, 3.05) is 6.54 Å². The van der Waals surface area contributed by atoms with E-state index in [-0.39, 0.29) is 17.9 Å². The molecule has 1 saturated carbocycles. The van der Waals surface area contributed by atoms with Crippen molar-refractivity contribution in [3.8, 4) is 0 Å². The van der Waals surface area contributed by atoms with Crippen LogP contribution in [0.2, 0.25) is 0 Å². The predicted octanol–water partition coefficient (Wildman–Crippen LogP) is 2.25. The molecule has 1 heterocycles. The molecule has 1 amide bonds. The highest BCUT2D eigenvalue weighted by Crippen LogP contribution is 2.41. The molecule has 3 nitrogen and oxygen atoms in total. The molecule has 3 unspecified atom stereocenters. The van der Waals surface area contributed by atoms with Gasteiger partial charge in [0, 0.05) is 6.04 Å². The molecule has 1 aromatic carbocycles. The maximum atomic E-state index is 12.4. The molecule has 19 heavy (non-hydrogen) atoms. The Morgan fingerprint density at radius 2 is 2.00 bits per heavy atom. The molecule has 2 aliphatic rings. The second-order valence-corrected chi connectivity index (χ2v) is 5.87. The first-order valence-electron chi connectivity index (χ1n) is 7.34. The van der Waals surface area contributed by atoms with E-state index in [1.54, 1.807) is 0 Å². The molecule has 3 atom stereocenters. The number of carbonyl (C=O) groups is 1. The maximum Gasteiger partial charge on any atom is 0.225 e. The van der Waals surface area contributed by atoms with Gasteiger partial charge in [-0.15, -0.1) is 0 Å². The third-order valence-electron chi connectivity index (χ3n) is 4.41. The second kappa shape index (κ2) is 5.33. The fourth-order valence-corrected chi connectivity index (χ4v) is 3.04. The van der Waals surface area contributed by atoms with Crippen LogP contribution in [0, 0.1) is 11.8 Å². The minimum absolute atomic E-state index is 0.130. The predicted molar refractivity (Wildman–Crippen MR) is 75.6 cm³/mol. The number of carbonyl (C=O) groups excluding carboxylic acids is 1. The Balaban J connectivity index is 1.70. The summed E-state index contributed by atoms with van der Waals surface area (Å²) in [4.78, 5) is 12.4. The number of hydrogen-bond donors (Lipinski definition) is 2. The zero-order valence-corrected chi connectivity index (χ0v) is 11.4. The van der Waals surface area contributed by atoms with Crippen LogP contribution in [0.25, 0.3) is 0 Å². The molecule has 1 aromatic rings. The maximum absolute atomic E-state index is 12.4. The van der Waals surface area contributed by atoms with Crippen LogP contribution in [0.3, 0.4) is 0 Å². The molecular formula is C16H22N2O. The van der Waals surface area contributed by atoms with Gasteiger partial charge in [-0.1, -0.05) is 30.3 Å². The summed E-state index contributed by atoms with van der Waals surface area (Å²) in [6.07, 6.45) is 3.43. The van der Waals surface area contributed by atoms with Crippen LogP contribution in [0.1, 0.15) is 37.8 Å². The highest BCUT2D eigenvalue weighted by Gasteiger charge is 2.36. The molecule has 0 spiro atoms. The smallest absolute Gasteiger partial charge is 0.225 e. The summed E-state index contributed by atoms with van der Waals surface area (Å²) in [5.41, 5.74) is 1.25. The highest BCUT2D eigenvalue weighted by atomic mass is 16.2. The molecule has 1 aliphatic heterocycles. The normalized spacial score (nSPS) is 28.1. The molecule has 3 heteroatoms. The Morgan fingerprint density at radius 1 is 1.26 bits per heavy atom. The minimum Gasteiger partial charge on any atom is -0.349 e. The summed E-state index contributed by atoms with van der Waals surface area (Å²) >= 11 is 0. The molecule has 0 aromatic heterocycles. The first kappa shape index (κ1) is 12.7. The van der Waals surface area contributed by atoms with Crippen molar-refractivity contribution >= 4 is 5.91 Å². The van der Waals surface area contributed by atoms with E-state index >= 15 is 0 Å². The van der Waals surface area contributed by atoms with Crippen LogP contribution in [0.4, 0.5) is 0 Å². The quantitative estimate of drug-likeness (QED) is 0.869. The molecule has 1 saturated heterocycles. The van der Waals surface area contributed by atoms with Crippen LogP contribution in [-0.2, 0) is 4.79 Å². The van der Waals surface area contributed by atoms with Crippen LogP contribution in [0.5, 0.6) is 0 Å². The van der Waals surface area contributed by atoms with Gasteiger partial charge in [-0.2, -0.15) is 0 Å². The van der Waals surface area contributed by atoms with E-state index in [9.17, 15) is 4.79 Å². The molecule has 0 bridgehead atoms. The Hall–Kier alpha value is -1.35. The van der Waals surface area contributed by atoms with Gasteiger partial charge < -0.3 is 10.6 Å². The van der Waals surface area contributed by atoms with Gasteiger partial charge in [-0.05, 0) is 44.2 Å². The van der Waals surface area contributed by atoms with Crippen molar-refractivity contribution < 1.29 is 4.79 Å². The largest absolute Gasteiger partial charge is 0.349 e. The van der Waals surface area contributed by atoms with Gasteiger partial charge in [0.25, 0.3) is 0 Å². The lowest BCUT2D eigenvalue weighted by Gasteiger charge is -2.22. The van der Waals surface area contributed by atoms with E-state index in [2.05, 4.69) is 41.8 Å². The average molecular weight is 258 g/mol. The van der Waals surface area contributed by atoms with Crippen LogP contribution in [-0.4, -0.2) is 18.5 Å². The monoisotopic (exact) mass is 258 g/mol. The van der Waals surface area contributed by atoms with E-state index in [1.165, 1.54) is 18.4 Å². The lowest BCUT2D eigenvalue weighted by atomic mass is 9.98. The summed E-state index contributed by atoms with van der Waals surface area (Å²) in [6.45, 7) is 3.06. The Bertz CT molecular complexity index is 441. The van der Waals surface area contributed by atoms with Crippen LogP contribution in [0.15, 0.2) is 30.3 Å². The summed E-state index contributed by atoms with van der Waals surface area (Å²) in [6, 6.07) is 10.9. The van der Waals surface area contributed by atoms with Gasteiger partial charge in [-0.3, -0.25) is 4.79 Å². The standard InChI is InChI=1S/C16H22N2O/c1-11-14(9-10-17-11)16(19)18-15(13-7-8-13)12-5-3-2-4-6-12/h2-6,11,13-15,17H,7-10H2,1H3,(H,18,19). The lowest BCUT2D eigenvalue weighted by molar-refractivity contribution is -0.126. The van der Waals surface area contributed by atoms with E-state index in [0.717, 1.165) is 13.0 Å². The molecular weight excluding hydrogens is 236 g/mol. The summed E-state index contributed by atoms with van der Waals surface area (Å²) in [5.74, 6) is 0.985. The SMILES string of the molecule is CC1NCCC1C(=O)NC(c1ccccc1)C1CC1. The molecule has 2 N–H and O–H groups in total. The van der Waals surface area contributed by atoms with Crippen LogP contribution >= 0.6 is 0 Å². The molecule has 102 valence electrons. The Kier molecular flexibility index (Phi) is 3.56. The van der Waals surface area contributed by atoms with Gasteiger partial charge in [-0.25, -0.2) is 0 Å². The summed E-state index contributed by atoms with van der Waals surface area (Å²) in [7, 11) is 0. The van der Waals surface area contributed by atoms with E-state index in [0.29, 0.717) is 12.0 Å². The van der Waals surface area contributed by atoms with Gasteiger partial charge >= 0.3 is 0 Å². The van der Waals surface area contributed by atoms with E-state index in [4.69, 9.17) is 0 Å². The number of rotatable bonds is 4. The van der Waals surface area contributed by atoms with Crippen molar-refractivity contribution in [3.05, 3.63) is 35.9 Å². The van der Waals surface area contributed by atoms with Crippen molar-refractivity contribution in [2.45, 2.75) is 38.3 Å². The molecule has 3 rings (SSSR count). The van der Waals surface area contributed by atoms with E-state index < -0.39 is 0 Å². The number of benzene rings is 1. The van der Waals surface area contributed by atoms with E-state index in [1.807, 2.05) is 6.07 Å². The van der Waals surface area contributed by atoms with Gasteiger partial charge in [0.2, 0.25) is 5.91 Å². The van der Waals surface area contributed by atoms with Gasteiger partial charge in [0.1, 0.15) is 0 Å². The summed E-state index contributed by atoms with van der Waals surface area (Å²) in [5, 5.41) is 6.64. The van der Waals surface area contributed by atoms with Crippen molar-refractivity contribution in [2.24, 2.45) is 11.8 Å². The topological polar surface area (TPSA) is 41.1 Å². The highest BCUT2D eigenvalue weighted by molar-refractivity contribution is 5.80. The van der Waals surface area contributed by atoms with Crippen molar-refractivity contribution in [3.63, 3.8) is 0 Å². The average Bonchev–Trinajstić information content (AvgIpc) is 3.18. The fourth-order valence-electron chi connectivity index (χ4n) is 3.04.